The Labute approximate surface area is 109 Å². The SMILES string of the molecule is OB(O)c1cc(CSc2ccncc2)ccc1F. The summed E-state index contributed by atoms with van der Waals surface area (Å²) in [6.45, 7) is 0. The largest absolute Gasteiger partial charge is 0.491 e. The maximum atomic E-state index is 13.2. The highest BCUT2D eigenvalue weighted by Crippen LogP contribution is 2.21. The molecule has 0 amide bonds. The molecule has 0 atom stereocenters. The van der Waals surface area contributed by atoms with Gasteiger partial charge in [0.15, 0.2) is 0 Å². The van der Waals surface area contributed by atoms with Crippen molar-refractivity contribution in [3.63, 3.8) is 0 Å². The summed E-state index contributed by atoms with van der Waals surface area (Å²) in [5, 5.41) is 18.0. The van der Waals surface area contributed by atoms with E-state index in [9.17, 15) is 4.39 Å². The molecular weight excluding hydrogens is 252 g/mol. The average molecular weight is 263 g/mol. The van der Waals surface area contributed by atoms with Crippen LogP contribution >= 0.6 is 11.8 Å². The molecule has 2 N–H and O–H groups in total. The van der Waals surface area contributed by atoms with Crippen molar-refractivity contribution in [3.05, 3.63) is 54.1 Å². The zero-order valence-corrected chi connectivity index (χ0v) is 10.3. The number of hydrogen-bond donors (Lipinski definition) is 2. The summed E-state index contributed by atoms with van der Waals surface area (Å²) in [5.74, 6) is 0.0203. The highest BCUT2D eigenvalue weighted by atomic mass is 32.2. The van der Waals surface area contributed by atoms with Crippen LogP contribution in [0.2, 0.25) is 0 Å². The second kappa shape index (κ2) is 5.99. The molecule has 1 heterocycles. The van der Waals surface area contributed by atoms with Crippen molar-refractivity contribution >= 4 is 24.3 Å². The van der Waals surface area contributed by atoms with Crippen molar-refractivity contribution in [1.29, 1.82) is 0 Å². The highest BCUT2D eigenvalue weighted by Gasteiger charge is 2.16. The number of nitrogens with zero attached hydrogens (tertiary/aromatic N) is 1. The summed E-state index contributed by atoms with van der Waals surface area (Å²) in [4.78, 5) is 4.98. The van der Waals surface area contributed by atoms with E-state index >= 15 is 0 Å². The monoisotopic (exact) mass is 263 g/mol. The molecular formula is C12H11BFNO2S. The Morgan fingerprint density at radius 2 is 1.89 bits per heavy atom. The molecule has 3 nitrogen and oxygen atoms in total. The van der Waals surface area contributed by atoms with Crippen molar-refractivity contribution in [2.24, 2.45) is 0 Å². The maximum Gasteiger partial charge on any atom is 0.491 e. The van der Waals surface area contributed by atoms with Gasteiger partial charge in [-0.2, -0.15) is 0 Å². The third-order valence-electron chi connectivity index (χ3n) is 2.39. The molecule has 1 aromatic heterocycles. The number of rotatable bonds is 4. The first-order valence-electron chi connectivity index (χ1n) is 5.34. The average Bonchev–Trinajstić information content (AvgIpc) is 2.38. The van der Waals surface area contributed by atoms with Crippen molar-refractivity contribution in [2.45, 2.75) is 10.6 Å². The van der Waals surface area contributed by atoms with Gasteiger partial charge in [-0.3, -0.25) is 4.98 Å². The summed E-state index contributed by atoms with van der Waals surface area (Å²) in [7, 11) is -1.78. The van der Waals surface area contributed by atoms with Gasteiger partial charge >= 0.3 is 7.12 Å². The maximum absolute atomic E-state index is 13.2. The second-order valence-electron chi connectivity index (χ2n) is 3.70. The topological polar surface area (TPSA) is 53.4 Å². The summed E-state index contributed by atoms with van der Waals surface area (Å²) < 4.78 is 13.2. The Morgan fingerprint density at radius 1 is 1.17 bits per heavy atom. The van der Waals surface area contributed by atoms with Gasteiger partial charge in [-0.15, -0.1) is 11.8 Å². The fourth-order valence-electron chi connectivity index (χ4n) is 1.48. The van der Waals surface area contributed by atoms with Crippen LogP contribution in [0.3, 0.4) is 0 Å². The molecule has 0 radical (unpaired) electrons. The van der Waals surface area contributed by atoms with Gasteiger partial charge in [-0.05, 0) is 23.8 Å². The van der Waals surface area contributed by atoms with E-state index < -0.39 is 12.9 Å². The number of thioether (sulfide) groups is 1. The summed E-state index contributed by atoms with van der Waals surface area (Å²) in [6.07, 6.45) is 3.41. The number of benzene rings is 1. The van der Waals surface area contributed by atoms with Gasteiger partial charge in [0.2, 0.25) is 0 Å². The molecule has 0 unspecified atom stereocenters. The number of aromatic nitrogens is 1. The van der Waals surface area contributed by atoms with E-state index in [0.29, 0.717) is 5.75 Å². The van der Waals surface area contributed by atoms with Crippen LogP contribution in [0.1, 0.15) is 5.56 Å². The number of pyridine rings is 1. The Kier molecular flexibility index (Phi) is 4.35. The Morgan fingerprint density at radius 3 is 2.56 bits per heavy atom. The summed E-state index contributed by atoms with van der Waals surface area (Å²) in [5.41, 5.74) is 0.740. The molecule has 0 spiro atoms. The molecule has 2 aromatic rings. The smallest absolute Gasteiger partial charge is 0.423 e. The fourth-order valence-corrected chi connectivity index (χ4v) is 2.31. The molecule has 0 fully saturated rings. The predicted octanol–water partition coefficient (Wildman–Crippen LogP) is 1.19. The lowest BCUT2D eigenvalue weighted by Gasteiger charge is -2.06. The third kappa shape index (κ3) is 3.32. The lowest BCUT2D eigenvalue weighted by atomic mass is 9.79. The molecule has 0 aliphatic rings. The van der Waals surface area contributed by atoms with Gasteiger partial charge in [-0.1, -0.05) is 12.1 Å². The van der Waals surface area contributed by atoms with Gasteiger partial charge in [0.1, 0.15) is 5.82 Å². The summed E-state index contributed by atoms with van der Waals surface area (Å²) in [6, 6.07) is 8.12. The zero-order chi connectivity index (χ0) is 13.0. The van der Waals surface area contributed by atoms with E-state index in [-0.39, 0.29) is 5.46 Å². The predicted molar refractivity (Wildman–Crippen MR) is 70.0 cm³/mol. The number of hydrogen-bond acceptors (Lipinski definition) is 4. The second-order valence-corrected chi connectivity index (χ2v) is 4.75. The minimum Gasteiger partial charge on any atom is -0.423 e. The fraction of sp³-hybridized carbons (Fsp3) is 0.0833. The third-order valence-corrected chi connectivity index (χ3v) is 3.48. The van der Waals surface area contributed by atoms with Gasteiger partial charge in [-0.25, -0.2) is 4.39 Å². The molecule has 0 bridgehead atoms. The lowest BCUT2D eigenvalue weighted by Crippen LogP contribution is -2.32. The first-order chi connectivity index (χ1) is 8.66. The Balaban J connectivity index is 2.08. The molecule has 0 aliphatic carbocycles. The van der Waals surface area contributed by atoms with Gasteiger partial charge in [0.25, 0.3) is 0 Å². The van der Waals surface area contributed by atoms with Crippen molar-refractivity contribution in [3.8, 4) is 0 Å². The molecule has 6 heteroatoms. The quantitative estimate of drug-likeness (QED) is 0.642. The lowest BCUT2D eigenvalue weighted by molar-refractivity contribution is 0.423. The van der Waals surface area contributed by atoms with Crippen LogP contribution in [0, 0.1) is 5.82 Å². The van der Waals surface area contributed by atoms with Crippen LogP contribution in [-0.4, -0.2) is 22.2 Å². The van der Waals surface area contributed by atoms with E-state index in [0.717, 1.165) is 10.5 Å². The Hall–Kier alpha value is -1.37. The van der Waals surface area contributed by atoms with Crippen LogP contribution < -0.4 is 5.46 Å². The highest BCUT2D eigenvalue weighted by molar-refractivity contribution is 7.98. The van der Waals surface area contributed by atoms with E-state index in [1.165, 1.54) is 12.1 Å². The number of halogens is 1. The van der Waals surface area contributed by atoms with Gasteiger partial charge < -0.3 is 10.0 Å². The molecule has 92 valence electrons. The standard InChI is InChI=1S/C12H11BFNO2S/c14-12-2-1-9(7-11(12)13(16)17)8-18-10-3-5-15-6-4-10/h1-7,16-17H,8H2. The zero-order valence-electron chi connectivity index (χ0n) is 9.45. The van der Waals surface area contributed by atoms with Crippen molar-refractivity contribution in [2.75, 3.05) is 0 Å². The van der Waals surface area contributed by atoms with Gasteiger partial charge in [0, 0.05) is 28.5 Å². The molecule has 0 saturated carbocycles. The van der Waals surface area contributed by atoms with Crippen LogP contribution in [0.15, 0.2) is 47.6 Å². The van der Waals surface area contributed by atoms with E-state index in [1.54, 1.807) is 30.2 Å². The van der Waals surface area contributed by atoms with Crippen molar-refractivity contribution < 1.29 is 14.4 Å². The normalized spacial score (nSPS) is 10.4. The molecule has 0 aliphatic heterocycles. The minimum atomic E-state index is -1.78. The van der Waals surface area contributed by atoms with Gasteiger partial charge in [0.05, 0.1) is 0 Å². The molecule has 0 saturated heterocycles. The van der Waals surface area contributed by atoms with Crippen molar-refractivity contribution in [1.82, 2.24) is 4.98 Å². The molecule has 2 rings (SSSR count). The Bertz CT molecular complexity index is 525. The van der Waals surface area contributed by atoms with E-state index in [2.05, 4.69) is 4.98 Å². The first kappa shape index (κ1) is 13.1. The molecule has 18 heavy (non-hydrogen) atoms. The van der Waals surface area contributed by atoms with Crippen LogP contribution in [0.25, 0.3) is 0 Å². The van der Waals surface area contributed by atoms with Crippen LogP contribution in [-0.2, 0) is 5.75 Å². The first-order valence-corrected chi connectivity index (χ1v) is 6.32. The van der Waals surface area contributed by atoms with Crippen LogP contribution in [0.5, 0.6) is 0 Å². The van der Waals surface area contributed by atoms with Crippen LogP contribution in [0.4, 0.5) is 4.39 Å². The summed E-state index contributed by atoms with van der Waals surface area (Å²) >= 11 is 1.57. The van der Waals surface area contributed by atoms with E-state index in [1.807, 2.05) is 12.1 Å². The van der Waals surface area contributed by atoms with E-state index in [4.69, 9.17) is 10.0 Å². The molecule has 1 aromatic carbocycles. The minimum absolute atomic E-state index is 0.0946.